The minimum absolute atomic E-state index is 0.207. The van der Waals surface area contributed by atoms with Crippen LogP contribution in [-0.4, -0.2) is 17.3 Å². The van der Waals surface area contributed by atoms with Gasteiger partial charge in [0, 0.05) is 23.1 Å². The molecule has 2 rings (SSSR count). The molecule has 0 aromatic heterocycles. The third-order valence-electron chi connectivity index (χ3n) is 3.56. The highest BCUT2D eigenvalue weighted by Crippen LogP contribution is 2.27. The van der Waals surface area contributed by atoms with Crippen LogP contribution < -0.4 is 5.32 Å². The molecule has 0 atom stereocenters. The zero-order chi connectivity index (χ0) is 13.0. The maximum Gasteiger partial charge on any atom is 0.127 e. The zero-order valence-corrected chi connectivity index (χ0v) is 12.0. The fourth-order valence-electron chi connectivity index (χ4n) is 2.50. The van der Waals surface area contributed by atoms with Gasteiger partial charge < -0.3 is 10.4 Å². The maximum atomic E-state index is 13.5. The van der Waals surface area contributed by atoms with Crippen LogP contribution in [0.3, 0.4) is 0 Å². The zero-order valence-electron chi connectivity index (χ0n) is 10.4. The van der Waals surface area contributed by atoms with E-state index in [9.17, 15) is 9.50 Å². The van der Waals surface area contributed by atoms with Crippen LogP contribution in [0.1, 0.15) is 37.7 Å². The van der Waals surface area contributed by atoms with E-state index in [0.29, 0.717) is 18.7 Å². The van der Waals surface area contributed by atoms with Crippen molar-refractivity contribution >= 4 is 15.9 Å². The lowest BCUT2D eigenvalue weighted by molar-refractivity contribution is 0.00462. The third-order valence-corrected chi connectivity index (χ3v) is 4.05. The van der Waals surface area contributed by atoms with E-state index in [4.69, 9.17) is 0 Å². The normalized spacial score (nSPS) is 18.8. The second-order valence-corrected chi connectivity index (χ2v) is 6.04. The SMILES string of the molecule is OC1(CNCc2cc(Br)ccc2F)CCCCC1. The van der Waals surface area contributed by atoms with Crippen molar-refractivity contribution in [3.05, 3.63) is 34.1 Å². The van der Waals surface area contributed by atoms with Gasteiger partial charge in [-0.1, -0.05) is 35.2 Å². The molecule has 1 saturated carbocycles. The molecule has 0 unspecified atom stereocenters. The van der Waals surface area contributed by atoms with Gasteiger partial charge in [0.25, 0.3) is 0 Å². The summed E-state index contributed by atoms with van der Waals surface area (Å²) in [6.07, 6.45) is 5.08. The minimum atomic E-state index is -0.596. The Hall–Kier alpha value is -0.450. The predicted molar refractivity (Wildman–Crippen MR) is 73.8 cm³/mol. The molecule has 2 N–H and O–H groups in total. The molecular weight excluding hydrogens is 297 g/mol. The molecule has 0 aliphatic heterocycles. The number of benzene rings is 1. The minimum Gasteiger partial charge on any atom is -0.389 e. The Morgan fingerprint density at radius 2 is 2.00 bits per heavy atom. The van der Waals surface area contributed by atoms with E-state index in [1.54, 1.807) is 12.1 Å². The molecule has 100 valence electrons. The molecule has 1 aliphatic rings. The lowest BCUT2D eigenvalue weighted by Crippen LogP contribution is -2.42. The standard InChI is InChI=1S/C14H19BrFNO/c15-12-4-5-13(16)11(8-12)9-17-10-14(18)6-2-1-3-7-14/h4-5,8,17-18H,1-3,6-7,9-10H2. The van der Waals surface area contributed by atoms with Gasteiger partial charge in [0.05, 0.1) is 5.60 Å². The largest absolute Gasteiger partial charge is 0.389 e. The van der Waals surface area contributed by atoms with Gasteiger partial charge in [-0.05, 0) is 31.0 Å². The fourth-order valence-corrected chi connectivity index (χ4v) is 2.90. The number of rotatable bonds is 4. The molecule has 0 amide bonds. The van der Waals surface area contributed by atoms with Crippen molar-refractivity contribution in [2.75, 3.05) is 6.54 Å². The molecule has 0 bridgehead atoms. The number of hydrogen-bond donors (Lipinski definition) is 2. The highest BCUT2D eigenvalue weighted by Gasteiger charge is 2.28. The Balaban J connectivity index is 1.86. The molecule has 0 spiro atoms. The molecule has 2 nitrogen and oxygen atoms in total. The second kappa shape index (κ2) is 6.13. The van der Waals surface area contributed by atoms with Crippen molar-refractivity contribution in [3.63, 3.8) is 0 Å². The first-order valence-electron chi connectivity index (χ1n) is 6.46. The van der Waals surface area contributed by atoms with Crippen LogP contribution in [0.5, 0.6) is 0 Å². The number of aliphatic hydroxyl groups is 1. The Kier molecular flexibility index (Phi) is 4.76. The Morgan fingerprint density at radius 3 is 2.72 bits per heavy atom. The van der Waals surface area contributed by atoms with E-state index in [1.165, 1.54) is 12.5 Å². The lowest BCUT2D eigenvalue weighted by Gasteiger charge is -2.32. The van der Waals surface area contributed by atoms with Gasteiger partial charge >= 0.3 is 0 Å². The smallest absolute Gasteiger partial charge is 0.127 e. The summed E-state index contributed by atoms with van der Waals surface area (Å²) in [7, 11) is 0. The van der Waals surface area contributed by atoms with Crippen molar-refractivity contribution in [2.24, 2.45) is 0 Å². The van der Waals surface area contributed by atoms with Gasteiger partial charge in [0.2, 0.25) is 0 Å². The molecule has 1 aromatic rings. The van der Waals surface area contributed by atoms with E-state index in [0.717, 1.165) is 30.2 Å². The Morgan fingerprint density at radius 1 is 1.28 bits per heavy atom. The first-order valence-corrected chi connectivity index (χ1v) is 7.25. The first kappa shape index (κ1) is 14.0. The molecule has 1 aliphatic carbocycles. The van der Waals surface area contributed by atoms with Crippen LogP contribution in [0.25, 0.3) is 0 Å². The van der Waals surface area contributed by atoms with Crippen LogP contribution in [0.15, 0.2) is 22.7 Å². The monoisotopic (exact) mass is 315 g/mol. The fraction of sp³-hybridized carbons (Fsp3) is 0.571. The van der Waals surface area contributed by atoms with Gasteiger partial charge in [-0.3, -0.25) is 0 Å². The molecule has 1 aromatic carbocycles. The van der Waals surface area contributed by atoms with E-state index in [1.807, 2.05) is 0 Å². The maximum absolute atomic E-state index is 13.5. The van der Waals surface area contributed by atoms with E-state index in [-0.39, 0.29) is 5.82 Å². The molecule has 4 heteroatoms. The van der Waals surface area contributed by atoms with E-state index in [2.05, 4.69) is 21.2 Å². The Labute approximate surface area is 116 Å². The average molecular weight is 316 g/mol. The summed E-state index contributed by atoms with van der Waals surface area (Å²) in [5, 5.41) is 13.5. The quantitative estimate of drug-likeness (QED) is 0.892. The number of nitrogens with one attached hydrogen (secondary N) is 1. The summed E-state index contributed by atoms with van der Waals surface area (Å²) < 4.78 is 14.4. The summed E-state index contributed by atoms with van der Waals surface area (Å²) >= 11 is 3.33. The van der Waals surface area contributed by atoms with Gasteiger partial charge in [0.1, 0.15) is 5.82 Å². The number of halogens is 2. The third kappa shape index (κ3) is 3.77. The van der Waals surface area contributed by atoms with Crippen LogP contribution in [0.2, 0.25) is 0 Å². The molecule has 0 heterocycles. The van der Waals surface area contributed by atoms with Crippen molar-refractivity contribution in [2.45, 2.75) is 44.2 Å². The van der Waals surface area contributed by atoms with Gasteiger partial charge in [0.15, 0.2) is 0 Å². The molecule has 0 saturated heterocycles. The molecule has 18 heavy (non-hydrogen) atoms. The highest BCUT2D eigenvalue weighted by molar-refractivity contribution is 9.10. The van der Waals surface area contributed by atoms with Crippen LogP contribution in [0.4, 0.5) is 4.39 Å². The van der Waals surface area contributed by atoms with Gasteiger partial charge in [-0.15, -0.1) is 0 Å². The van der Waals surface area contributed by atoms with E-state index >= 15 is 0 Å². The van der Waals surface area contributed by atoms with Gasteiger partial charge in [-0.25, -0.2) is 4.39 Å². The second-order valence-electron chi connectivity index (χ2n) is 5.12. The van der Waals surface area contributed by atoms with Crippen LogP contribution in [0, 0.1) is 5.82 Å². The van der Waals surface area contributed by atoms with Crippen molar-refractivity contribution in [3.8, 4) is 0 Å². The molecule has 1 fully saturated rings. The summed E-state index contributed by atoms with van der Waals surface area (Å²) in [6.45, 7) is 0.993. The van der Waals surface area contributed by atoms with Gasteiger partial charge in [-0.2, -0.15) is 0 Å². The van der Waals surface area contributed by atoms with Crippen molar-refractivity contribution < 1.29 is 9.50 Å². The van der Waals surface area contributed by atoms with Crippen molar-refractivity contribution in [1.82, 2.24) is 5.32 Å². The highest BCUT2D eigenvalue weighted by atomic mass is 79.9. The predicted octanol–water partition coefficient (Wildman–Crippen LogP) is 3.37. The summed E-state index contributed by atoms with van der Waals surface area (Å²) in [5.41, 5.74) is 0.0320. The summed E-state index contributed by atoms with van der Waals surface area (Å²) in [5.74, 6) is -0.207. The topological polar surface area (TPSA) is 32.3 Å². The molecular formula is C14H19BrFNO. The van der Waals surface area contributed by atoms with Crippen LogP contribution >= 0.6 is 15.9 Å². The Bertz CT molecular complexity index is 405. The average Bonchev–Trinajstić information content (AvgIpc) is 2.34. The summed E-state index contributed by atoms with van der Waals surface area (Å²) in [6, 6.07) is 4.91. The van der Waals surface area contributed by atoms with Crippen molar-refractivity contribution in [1.29, 1.82) is 0 Å². The van der Waals surface area contributed by atoms with Crippen LogP contribution in [-0.2, 0) is 6.54 Å². The number of hydrogen-bond acceptors (Lipinski definition) is 2. The lowest BCUT2D eigenvalue weighted by atomic mass is 9.85. The first-order chi connectivity index (χ1) is 8.59. The summed E-state index contributed by atoms with van der Waals surface area (Å²) in [4.78, 5) is 0. The van der Waals surface area contributed by atoms with E-state index < -0.39 is 5.60 Å². The molecule has 0 radical (unpaired) electrons.